The number of hydrogen-bond donors (Lipinski definition) is 0. The molecule has 0 atom stereocenters. The van der Waals surface area contributed by atoms with Crippen LogP contribution in [-0.2, 0) is 6.42 Å². The molecule has 1 aromatic rings. The van der Waals surface area contributed by atoms with E-state index in [0.717, 1.165) is 18.8 Å². The van der Waals surface area contributed by atoms with Gasteiger partial charge < -0.3 is 0 Å². The second-order valence-electron chi connectivity index (χ2n) is 4.29. The SMILES string of the molecule is C=CCC(CC=C)CCCc1ccccc1. The molecule has 0 aliphatic rings. The van der Waals surface area contributed by atoms with Gasteiger partial charge in [-0.3, -0.25) is 0 Å². The summed E-state index contributed by atoms with van der Waals surface area (Å²) >= 11 is 0. The van der Waals surface area contributed by atoms with Crippen molar-refractivity contribution in [3.63, 3.8) is 0 Å². The Morgan fingerprint density at radius 3 is 2.19 bits per heavy atom. The Kier molecular flexibility index (Phi) is 6.32. The molecule has 0 nitrogen and oxygen atoms in total. The van der Waals surface area contributed by atoms with E-state index in [0.29, 0.717) is 0 Å². The van der Waals surface area contributed by atoms with Gasteiger partial charge in [0.25, 0.3) is 0 Å². The highest BCUT2D eigenvalue weighted by Crippen LogP contribution is 2.18. The maximum absolute atomic E-state index is 3.81. The fourth-order valence-corrected chi connectivity index (χ4v) is 2.04. The Morgan fingerprint density at radius 2 is 1.62 bits per heavy atom. The van der Waals surface area contributed by atoms with Crippen molar-refractivity contribution in [1.29, 1.82) is 0 Å². The molecule has 1 aromatic carbocycles. The molecule has 0 spiro atoms. The number of allylic oxidation sites excluding steroid dienone is 2. The van der Waals surface area contributed by atoms with Crippen LogP contribution in [0.5, 0.6) is 0 Å². The molecule has 0 fully saturated rings. The van der Waals surface area contributed by atoms with E-state index in [1.54, 1.807) is 0 Å². The van der Waals surface area contributed by atoms with Gasteiger partial charge in [0.05, 0.1) is 0 Å². The Labute approximate surface area is 99.7 Å². The van der Waals surface area contributed by atoms with Crippen LogP contribution >= 0.6 is 0 Å². The first-order valence-corrected chi connectivity index (χ1v) is 6.12. The van der Waals surface area contributed by atoms with Crippen LogP contribution in [0, 0.1) is 5.92 Å². The van der Waals surface area contributed by atoms with Crippen molar-refractivity contribution in [3.05, 3.63) is 61.2 Å². The Bertz CT molecular complexity index is 287. The lowest BCUT2D eigenvalue weighted by Crippen LogP contribution is -1.98. The highest BCUT2D eigenvalue weighted by atomic mass is 14.1. The zero-order chi connectivity index (χ0) is 11.6. The van der Waals surface area contributed by atoms with E-state index in [2.05, 4.69) is 43.5 Å². The number of hydrogen-bond acceptors (Lipinski definition) is 0. The summed E-state index contributed by atoms with van der Waals surface area (Å²) in [5.74, 6) is 0.735. The van der Waals surface area contributed by atoms with Gasteiger partial charge in [-0.05, 0) is 43.6 Å². The summed E-state index contributed by atoms with van der Waals surface area (Å²) in [6, 6.07) is 10.7. The molecule has 0 heterocycles. The lowest BCUT2D eigenvalue weighted by atomic mass is 9.94. The lowest BCUT2D eigenvalue weighted by molar-refractivity contribution is 0.479. The van der Waals surface area contributed by atoms with Crippen molar-refractivity contribution in [3.8, 4) is 0 Å². The Hall–Kier alpha value is -1.30. The highest BCUT2D eigenvalue weighted by Gasteiger charge is 2.04. The standard InChI is InChI=1S/C16H22/c1-3-9-15(10-4-2)13-8-14-16-11-6-5-7-12-16/h3-7,11-12,15H,1-2,8-10,13-14H2. The maximum atomic E-state index is 3.81. The topological polar surface area (TPSA) is 0 Å². The fraction of sp³-hybridized carbons (Fsp3) is 0.375. The molecule has 0 N–H and O–H groups in total. The highest BCUT2D eigenvalue weighted by molar-refractivity contribution is 5.14. The largest absolute Gasteiger partial charge is 0.103 e. The average molecular weight is 214 g/mol. The van der Waals surface area contributed by atoms with Crippen molar-refractivity contribution >= 4 is 0 Å². The van der Waals surface area contributed by atoms with Gasteiger partial charge in [-0.2, -0.15) is 0 Å². The number of benzene rings is 1. The zero-order valence-corrected chi connectivity index (χ0v) is 10.1. The minimum atomic E-state index is 0.735. The summed E-state index contributed by atoms with van der Waals surface area (Å²) in [7, 11) is 0. The van der Waals surface area contributed by atoms with Crippen LogP contribution in [0.15, 0.2) is 55.6 Å². The molecule has 0 heteroatoms. The molecule has 0 saturated carbocycles. The van der Waals surface area contributed by atoms with Gasteiger partial charge in [-0.1, -0.05) is 42.5 Å². The molecule has 0 saturated heterocycles. The summed E-state index contributed by atoms with van der Waals surface area (Å²) in [6.07, 6.45) is 9.99. The molecule has 1 rings (SSSR count). The van der Waals surface area contributed by atoms with Crippen LogP contribution < -0.4 is 0 Å². The van der Waals surface area contributed by atoms with E-state index in [9.17, 15) is 0 Å². The van der Waals surface area contributed by atoms with E-state index >= 15 is 0 Å². The molecule has 0 aromatic heterocycles. The normalized spacial score (nSPS) is 10.3. The first kappa shape index (κ1) is 12.8. The molecule has 0 aliphatic heterocycles. The van der Waals surface area contributed by atoms with E-state index < -0.39 is 0 Å². The summed E-state index contributed by atoms with van der Waals surface area (Å²) in [4.78, 5) is 0. The summed E-state index contributed by atoms with van der Waals surface area (Å²) in [6.45, 7) is 7.63. The first-order chi connectivity index (χ1) is 7.86. The second kappa shape index (κ2) is 7.92. The number of aryl methyl sites for hydroxylation is 1. The van der Waals surface area contributed by atoms with Gasteiger partial charge in [0.15, 0.2) is 0 Å². The van der Waals surface area contributed by atoms with Crippen molar-refractivity contribution in [2.75, 3.05) is 0 Å². The molecular weight excluding hydrogens is 192 g/mol. The van der Waals surface area contributed by atoms with Crippen LogP contribution in [0.1, 0.15) is 31.2 Å². The van der Waals surface area contributed by atoms with Gasteiger partial charge in [0.2, 0.25) is 0 Å². The van der Waals surface area contributed by atoms with E-state index in [1.165, 1.54) is 24.8 Å². The average Bonchev–Trinajstić information content (AvgIpc) is 2.31. The van der Waals surface area contributed by atoms with Gasteiger partial charge in [0.1, 0.15) is 0 Å². The predicted molar refractivity (Wildman–Crippen MR) is 72.5 cm³/mol. The lowest BCUT2D eigenvalue weighted by Gasteiger charge is -2.12. The smallest absolute Gasteiger partial charge is 0.0279 e. The Morgan fingerprint density at radius 1 is 1.00 bits per heavy atom. The van der Waals surface area contributed by atoms with Crippen LogP contribution in [0.3, 0.4) is 0 Å². The minimum absolute atomic E-state index is 0.735. The van der Waals surface area contributed by atoms with Crippen molar-refractivity contribution in [2.24, 2.45) is 5.92 Å². The van der Waals surface area contributed by atoms with Crippen molar-refractivity contribution in [2.45, 2.75) is 32.1 Å². The number of rotatable bonds is 8. The fourth-order valence-electron chi connectivity index (χ4n) is 2.04. The molecule has 0 bridgehead atoms. The molecular formula is C16H22. The minimum Gasteiger partial charge on any atom is -0.103 e. The molecule has 0 unspecified atom stereocenters. The van der Waals surface area contributed by atoms with E-state index in [1.807, 2.05) is 12.2 Å². The molecule has 0 amide bonds. The molecule has 86 valence electrons. The van der Waals surface area contributed by atoms with Crippen LogP contribution in [0.25, 0.3) is 0 Å². The molecule has 16 heavy (non-hydrogen) atoms. The van der Waals surface area contributed by atoms with Crippen molar-refractivity contribution < 1.29 is 0 Å². The predicted octanol–water partition coefficient (Wildman–Crippen LogP) is 4.78. The first-order valence-electron chi connectivity index (χ1n) is 6.12. The van der Waals surface area contributed by atoms with E-state index in [-0.39, 0.29) is 0 Å². The Balaban J connectivity index is 2.27. The monoisotopic (exact) mass is 214 g/mol. The molecule has 0 radical (unpaired) electrons. The van der Waals surface area contributed by atoms with Crippen LogP contribution in [-0.4, -0.2) is 0 Å². The zero-order valence-electron chi connectivity index (χ0n) is 10.1. The van der Waals surface area contributed by atoms with Crippen LogP contribution in [0.2, 0.25) is 0 Å². The summed E-state index contributed by atoms with van der Waals surface area (Å²) in [5.41, 5.74) is 1.44. The van der Waals surface area contributed by atoms with E-state index in [4.69, 9.17) is 0 Å². The second-order valence-corrected chi connectivity index (χ2v) is 4.29. The quantitative estimate of drug-likeness (QED) is 0.546. The van der Waals surface area contributed by atoms with Gasteiger partial charge in [-0.15, -0.1) is 13.2 Å². The third-order valence-corrected chi connectivity index (χ3v) is 2.92. The maximum Gasteiger partial charge on any atom is -0.0279 e. The molecule has 0 aliphatic carbocycles. The van der Waals surface area contributed by atoms with Gasteiger partial charge >= 0.3 is 0 Å². The van der Waals surface area contributed by atoms with Crippen LogP contribution in [0.4, 0.5) is 0 Å². The summed E-state index contributed by atoms with van der Waals surface area (Å²) < 4.78 is 0. The van der Waals surface area contributed by atoms with Gasteiger partial charge in [-0.25, -0.2) is 0 Å². The van der Waals surface area contributed by atoms with Gasteiger partial charge in [0, 0.05) is 0 Å². The third-order valence-electron chi connectivity index (χ3n) is 2.92. The summed E-state index contributed by atoms with van der Waals surface area (Å²) in [5, 5.41) is 0. The van der Waals surface area contributed by atoms with Crippen molar-refractivity contribution in [1.82, 2.24) is 0 Å². The third kappa shape index (κ3) is 4.97.